The summed E-state index contributed by atoms with van der Waals surface area (Å²) in [7, 11) is 0. The lowest BCUT2D eigenvalue weighted by molar-refractivity contribution is -0.138. The average Bonchev–Trinajstić information content (AvgIpc) is 3.12. The number of rotatable bonds is 6. The van der Waals surface area contributed by atoms with Gasteiger partial charge in [0.1, 0.15) is 11.0 Å². The van der Waals surface area contributed by atoms with Crippen LogP contribution in [-0.2, 0) is 19.8 Å². The number of hydrogen-bond acceptors (Lipinski definition) is 4. The van der Waals surface area contributed by atoms with Crippen LogP contribution in [0.2, 0.25) is 5.15 Å². The minimum Gasteiger partial charge on any atom is -0.323 e. The van der Waals surface area contributed by atoms with Crippen LogP contribution in [0.1, 0.15) is 43.0 Å². The summed E-state index contributed by atoms with van der Waals surface area (Å²) >= 11 is 6.46. The SMILES string of the molecule is CCC1(c2ccc(NC(=O)/C=C/c3c(C)nn(-c4ccc(F)cc4)c3Cl)cc2)CCC(=O)NC1=O. The molecule has 1 aliphatic rings. The van der Waals surface area contributed by atoms with E-state index in [1.807, 2.05) is 6.92 Å². The molecule has 3 aromatic rings. The fraction of sp³-hybridized carbons (Fsp3) is 0.231. The summed E-state index contributed by atoms with van der Waals surface area (Å²) in [6.07, 6.45) is 4.24. The van der Waals surface area contributed by atoms with Crippen molar-refractivity contribution in [2.45, 2.75) is 38.5 Å². The lowest BCUT2D eigenvalue weighted by Gasteiger charge is -2.35. The van der Waals surface area contributed by atoms with Crippen molar-refractivity contribution in [3.05, 3.63) is 82.4 Å². The van der Waals surface area contributed by atoms with Gasteiger partial charge in [0.05, 0.1) is 16.8 Å². The molecule has 0 bridgehead atoms. The monoisotopic (exact) mass is 494 g/mol. The van der Waals surface area contributed by atoms with Crippen LogP contribution in [0.3, 0.4) is 0 Å². The highest BCUT2D eigenvalue weighted by Crippen LogP contribution is 2.36. The van der Waals surface area contributed by atoms with Crippen LogP contribution in [0.5, 0.6) is 0 Å². The van der Waals surface area contributed by atoms with Gasteiger partial charge in [-0.2, -0.15) is 5.10 Å². The van der Waals surface area contributed by atoms with Crippen molar-refractivity contribution < 1.29 is 18.8 Å². The Morgan fingerprint density at radius 3 is 2.51 bits per heavy atom. The zero-order valence-corrected chi connectivity index (χ0v) is 20.0. The first-order valence-electron chi connectivity index (χ1n) is 11.2. The van der Waals surface area contributed by atoms with Crippen molar-refractivity contribution in [1.29, 1.82) is 0 Å². The van der Waals surface area contributed by atoms with Crippen LogP contribution in [0.15, 0.2) is 54.6 Å². The fourth-order valence-electron chi connectivity index (χ4n) is 4.24. The molecule has 1 fully saturated rings. The smallest absolute Gasteiger partial charge is 0.248 e. The number of aryl methyl sites for hydroxylation is 1. The number of amides is 3. The van der Waals surface area contributed by atoms with E-state index in [4.69, 9.17) is 11.6 Å². The first-order valence-corrected chi connectivity index (χ1v) is 11.6. The van der Waals surface area contributed by atoms with Gasteiger partial charge in [-0.3, -0.25) is 19.7 Å². The van der Waals surface area contributed by atoms with Gasteiger partial charge in [-0.15, -0.1) is 0 Å². The molecule has 180 valence electrons. The molecule has 1 aromatic heterocycles. The molecule has 4 rings (SSSR count). The summed E-state index contributed by atoms with van der Waals surface area (Å²) < 4.78 is 14.7. The molecule has 9 heteroatoms. The number of imide groups is 1. The number of benzene rings is 2. The molecular formula is C26H24ClFN4O3. The van der Waals surface area contributed by atoms with Crippen molar-refractivity contribution in [1.82, 2.24) is 15.1 Å². The lowest BCUT2D eigenvalue weighted by atomic mass is 9.72. The molecule has 0 saturated carbocycles. The van der Waals surface area contributed by atoms with Crippen LogP contribution >= 0.6 is 11.6 Å². The highest BCUT2D eigenvalue weighted by Gasteiger charge is 2.42. The Kier molecular flexibility index (Phi) is 6.84. The van der Waals surface area contributed by atoms with Crippen molar-refractivity contribution in [2.24, 2.45) is 0 Å². The van der Waals surface area contributed by atoms with Crippen LogP contribution in [0.4, 0.5) is 10.1 Å². The standard InChI is InChI=1S/C26H24ClFN4O3/c1-3-26(15-14-23(34)30-25(26)35)17-4-8-19(9-5-17)29-22(33)13-12-21-16(2)31-32(24(21)27)20-10-6-18(28)7-11-20/h4-13H,3,14-15H2,1-2H3,(H,29,33)(H,30,34,35)/b13-12+. The first kappa shape index (κ1) is 24.3. The molecule has 7 nitrogen and oxygen atoms in total. The molecule has 1 atom stereocenters. The molecule has 2 heterocycles. The van der Waals surface area contributed by atoms with Crippen molar-refractivity contribution in [3.63, 3.8) is 0 Å². The highest BCUT2D eigenvalue weighted by molar-refractivity contribution is 6.31. The first-order chi connectivity index (χ1) is 16.7. The number of hydrogen-bond donors (Lipinski definition) is 2. The third-order valence-electron chi connectivity index (χ3n) is 6.30. The minimum atomic E-state index is -0.755. The molecule has 0 radical (unpaired) electrons. The summed E-state index contributed by atoms with van der Waals surface area (Å²) in [5.41, 5.74) is 2.39. The number of piperidine rings is 1. The van der Waals surface area contributed by atoms with E-state index in [-0.39, 0.29) is 23.5 Å². The molecule has 35 heavy (non-hydrogen) atoms. The maximum atomic E-state index is 13.2. The average molecular weight is 495 g/mol. The molecular weight excluding hydrogens is 471 g/mol. The van der Waals surface area contributed by atoms with E-state index in [9.17, 15) is 18.8 Å². The maximum Gasteiger partial charge on any atom is 0.248 e. The van der Waals surface area contributed by atoms with E-state index >= 15 is 0 Å². The van der Waals surface area contributed by atoms with Gasteiger partial charge in [-0.25, -0.2) is 9.07 Å². The Balaban J connectivity index is 1.46. The second-order valence-corrected chi connectivity index (χ2v) is 8.75. The van der Waals surface area contributed by atoms with Gasteiger partial charge >= 0.3 is 0 Å². The minimum absolute atomic E-state index is 0.256. The van der Waals surface area contributed by atoms with Gasteiger partial charge in [0.25, 0.3) is 0 Å². The number of halogens is 2. The summed E-state index contributed by atoms with van der Waals surface area (Å²) in [6, 6.07) is 12.8. The van der Waals surface area contributed by atoms with Crippen molar-refractivity contribution in [2.75, 3.05) is 5.32 Å². The Morgan fingerprint density at radius 2 is 1.89 bits per heavy atom. The normalized spacial score (nSPS) is 18.1. The number of nitrogens with one attached hydrogen (secondary N) is 2. The lowest BCUT2D eigenvalue weighted by Crippen LogP contribution is -2.51. The van der Waals surface area contributed by atoms with E-state index in [0.717, 1.165) is 5.56 Å². The molecule has 0 spiro atoms. The topological polar surface area (TPSA) is 93.1 Å². The van der Waals surface area contributed by atoms with Crippen LogP contribution in [0.25, 0.3) is 11.8 Å². The second kappa shape index (κ2) is 9.84. The molecule has 1 aliphatic heterocycles. The summed E-state index contributed by atoms with van der Waals surface area (Å²) in [5, 5.41) is 9.89. The van der Waals surface area contributed by atoms with Crippen LogP contribution in [0, 0.1) is 12.7 Å². The fourth-order valence-corrected chi connectivity index (χ4v) is 4.57. The molecule has 2 N–H and O–H groups in total. The number of aromatic nitrogens is 2. The van der Waals surface area contributed by atoms with Gasteiger partial charge in [0, 0.05) is 23.7 Å². The summed E-state index contributed by atoms with van der Waals surface area (Å²) in [5.74, 6) is -1.27. The number of anilines is 1. The summed E-state index contributed by atoms with van der Waals surface area (Å²) in [6.45, 7) is 3.68. The zero-order chi connectivity index (χ0) is 25.2. The van der Waals surface area contributed by atoms with Crippen LogP contribution in [-0.4, -0.2) is 27.5 Å². The Bertz CT molecular complexity index is 1320. The van der Waals surface area contributed by atoms with Crippen molar-refractivity contribution >= 4 is 41.1 Å². The Morgan fingerprint density at radius 1 is 1.20 bits per heavy atom. The van der Waals surface area contributed by atoms with Crippen LogP contribution < -0.4 is 10.6 Å². The predicted octanol–water partition coefficient (Wildman–Crippen LogP) is 4.71. The number of carbonyl (C=O) groups excluding carboxylic acids is 3. The van der Waals surface area contributed by atoms with Gasteiger partial charge in [0.2, 0.25) is 17.7 Å². The highest BCUT2D eigenvalue weighted by atomic mass is 35.5. The predicted molar refractivity (Wildman–Crippen MR) is 132 cm³/mol. The maximum absolute atomic E-state index is 13.2. The Hall–Kier alpha value is -3.78. The second-order valence-electron chi connectivity index (χ2n) is 8.39. The molecule has 1 unspecified atom stereocenters. The third kappa shape index (κ3) is 4.88. The van der Waals surface area contributed by atoms with Crippen molar-refractivity contribution in [3.8, 4) is 5.69 Å². The molecule has 1 saturated heterocycles. The van der Waals surface area contributed by atoms with Gasteiger partial charge < -0.3 is 5.32 Å². The van der Waals surface area contributed by atoms with E-state index in [2.05, 4.69) is 15.7 Å². The van der Waals surface area contributed by atoms with E-state index in [1.165, 1.54) is 22.9 Å². The molecule has 0 aliphatic carbocycles. The number of carbonyl (C=O) groups is 3. The van der Waals surface area contributed by atoms with Gasteiger partial charge in [-0.05, 0) is 67.8 Å². The number of nitrogens with zero attached hydrogens (tertiary/aromatic N) is 2. The van der Waals surface area contributed by atoms with E-state index in [1.54, 1.807) is 49.4 Å². The quantitative estimate of drug-likeness (QED) is 0.383. The third-order valence-corrected chi connectivity index (χ3v) is 6.66. The summed E-state index contributed by atoms with van der Waals surface area (Å²) in [4.78, 5) is 36.6. The molecule has 3 amide bonds. The van der Waals surface area contributed by atoms with E-state index in [0.29, 0.717) is 47.0 Å². The Labute approximate surface area is 207 Å². The van der Waals surface area contributed by atoms with E-state index < -0.39 is 5.41 Å². The molecule has 2 aromatic carbocycles. The van der Waals surface area contributed by atoms with Gasteiger partial charge in [-0.1, -0.05) is 30.7 Å². The van der Waals surface area contributed by atoms with Gasteiger partial charge in [0.15, 0.2) is 0 Å². The largest absolute Gasteiger partial charge is 0.323 e. The zero-order valence-electron chi connectivity index (χ0n) is 19.3.